The summed E-state index contributed by atoms with van der Waals surface area (Å²) < 4.78 is 0. The average Bonchev–Trinajstić information content (AvgIpc) is 2.80. The van der Waals surface area contributed by atoms with Gasteiger partial charge in [0.15, 0.2) is 0 Å². The Hall–Kier alpha value is -2.37. The zero-order valence-corrected chi connectivity index (χ0v) is 9.30. The van der Waals surface area contributed by atoms with E-state index in [-0.39, 0.29) is 5.69 Å². The summed E-state index contributed by atoms with van der Waals surface area (Å²) in [7, 11) is 0. The fraction of sp³-hybridized carbons (Fsp3) is 0.182. The molecule has 2 rings (SSSR count). The van der Waals surface area contributed by atoms with Gasteiger partial charge in [-0.05, 0) is 12.5 Å². The van der Waals surface area contributed by atoms with Crippen LogP contribution < -0.4 is 5.32 Å². The summed E-state index contributed by atoms with van der Waals surface area (Å²) in [5.74, 6) is 0. The largest absolute Gasteiger partial charge is 0.380 e. The van der Waals surface area contributed by atoms with E-state index in [1.165, 1.54) is 12.1 Å². The molecule has 17 heavy (non-hydrogen) atoms. The molecule has 0 aliphatic rings. The number of anilines is 1. The predicted molar refractivity (Wildman–Crippen MR) is 63.7 cm³/mol. The number of benzene rings is 1. The maximum absolute atomic E-state index is 10.7. The van der Waals surface area contributed by atoms with E-state index in [0.29, 0.717) is 6.54 Å². The number of aryl methyl sites for hydroxylation is 1. The van der Waals surface area contributed by atoms with E-state index < -0.39 is 4.92 Å². The lowest BCUT2D eigenvalue weighted by molar-refractivity contribution is -0.384. The Balaban J connectivity index is 2.14. The number of nitro benzene ring substituents is 1. The molecule has 88 valence electrons. The van der Waals surface area contributed by atoms with Crippen LogP contribution in [0.3, 0.4) is 0 Å². The molecule has 0 aliphatic heterocycles. The molecule has 0 aliphatic carbocycles. The van der Waals surface area contributed by atoms with Crippen LogP contribution in [0.5, 0.6) is 0 Å². The van der Waals surface area contributed by atoms with Crippen molar-refractivity contribution in [2.24, 2.45) is 0 Å². The number of non-ortho nitro benzene ring substituents is 1. The Morgan fingerprint density at radius 2 is 2.35 bits per heavy atom. The number of nitrogens with one attached hydrogen (secondary N) is 2. The lowest BCUT2D eigenvalue weighted by Gasteiger charge is -2.07. The third-order valence-electron chi connectivity index (χ3n) is 2.47. The topological polar surface area (TPSA) is 83.8 Å². The van der Waals surface area contributed by atoms with Crippen molar-refractivity contribution in [1.29, 1.82) is 0 Å². The highest BCUT2D eigenvalue weighted by molar-refractivity contribution is 5.56. The van der Waals surface area contributed by atoms with Gasteiger partial charge in [0.2, 0.25) is 0 Å². The molecule has 0 saturated heterocycles. The van der Waals surface area contributed by atoms with Crippen molar-refractivity contribution in [3.63, 3.8) is 0 Å². The number of hydrogen-bond donors (Lipinski definition) is 2. The SMILES string of the molecule is Cc1ccc([N+](=O)[O-])cc1NCc1cn[nH]c1. The highest BCUT2D eigenvalue weighted by Crippen LogP contribution is 2.22. The summed E-state index contributed by atoms with van der Waals surface area (Å²) in [4.78, 5) is 10.3. The summed E-state index contributed by atoms with van der Waals surface area (Å²) in [6, 6.07) is 4.77. The van der Waals surface area contributed by atoms with Crippen molar-refractivity contribution in [3.05, 3.63) is 51.8 Å². The van der Waals surface area contributed by atoms with Gasteiger partial charge in [-0.25, -0.2) is 0 Å². The average molecular weight is 232 g/mol. The number of aromatic nitrogens is 2. The van der Waals surface area contributed by atoms with E-state index in [9.17, 15) is 10.1 Å². The van der Waals surface area contributed by atoms with E-state index in [1.807, 2.05) is 6.92 Å². The zero-order chi connectivity index (χ0) is 12.3. The lowest BCUT2D eigenvalue weighted by Crippen LogP contribution is -2.01. The van der Waals surface area contributed by atoms with Gasteiger partial charge in [-0.3, -0.25) is 15.2 Å². The van der Waals surface area contributed by atoms with Gasteiger partial charge in [0.05, 0.1) is 11.1 Å². The molecule has 6 nitrogen and oxygen atoms in total. The summed E-state index contributed by atoms with van der Waals surface area (Å²) >= 11 is 0. The Morgan fingerprint density at radius 3 is 3.00 bits per heavy atom. The summed E-state index contributed by atoms with van der Waals surface area (Å²) in [6.07, 6.45) is 3.49. The van der Waals surface area contributed by atoms with Gasteiger partial charge >= 0.3 is 0 Å². The van der Waals surface area contributed by atoms with Crippen LogP contribution in [0.2, 0.25) is 0 Å². The fourth-order valence-electron chi connectivity index (χ4n) is 1.49. The smallest absolute Gasteiger partial charge is 0.271 e. The summed E-state index contributed by atoms with van der Waals surface area (Å²) in [6.45, 7) is 2.49. The van der Waals surface area contributed by atoms with Gasteiger partial charge < -0.3 is 5.32 Å². The van der Waals surface area contributed by atoms with Crippen LogP contribution >= 0.6 is 0 Å². The molecular weight excluding hydrogens is 220 g/mol. The third-order valence-corrected chi connectivity index (χ3v) is 2.47. The second-order valence-electron chi connectivity index (χ2n) is 3.72. The highest BCUT2D eigenvalue weighted by Gasteiger charge is 2.08. The zero-order valence-electron chi connectivity index (χ0n) is 9.30. The molecular formula is C11H12N4O2. The molecule has 1 aromatic heterocycles. The van der Waals surface area contributed by atoms with Crippen molar-refractivity contribution in [2.75, 3.05) is 5.32 Å². The molecule has 6 heteroatoms. The van der Waals surface area contributed by atoms with Crippen LogP contribution in [0.4, 0.5) is 11.4 Å². The van der Waals surface area contributed by atoms with Gasteiger partial charge in [-0.1, -0.05) is 6.07 Å². The first kappa shape index (κ1) is 11.1. The van der Waals surface area contributed by atoms with Crippen LogP contribution in [-0.4, -0.2) is 15.1 Å². The summed E-state index contributed by atoms with van der Waals surface area (Å²) in [5.41, 5.74) is 2.82. The molecule has 1 heterocycles. The Morgan fingerprint density at radius 1 is 1.53 bits per heavy atom. The fourth-order valence-corrected chi connectivity index (χ4v) is 1.49. The van der Waals surface area contributed by atoms with Crippen LogP contribution in [0.1, 0.15) is 11.1 Å². The normalized spacial score (nSPS) is 10.2. The molecule has 0 amide bonds. The number of nitro groups is 1. The monoisotopic (exact) mass is 232 g/mol. The molecule has 2 N–H and O–H groups in total. The summed E-state index contributed by atoms with van der Waals surface area (Å²) in [5, 5.41) is 20.3. The van der Waals surface area contributed by atoms with Gasteiger partial charge in [0, 0.05) is 36.1 Å². The second kappa shape index (κ2) is 4.65. The highest BCUT2D eigenvalue weighted by atomic mass is 16.6. The van der Waals surface area contributed by atoms with Crippen molar-refractivity contribution in [2.45, 2.75) is 13.5 Å². The first-order chi connectivity index (χ1) is 8.16. The Labute approximate surface area is 97.8 Å². The van der Waals surface area contributed by atoms with Crippen LogP contribution in [0.25, 0.3) is 0 Å². The Bertz CT molecular complexity index is 522. The van der Waals surface area contributed by atoms with Gasteiger partial charge in [0.25, 0.3) is 5.69 Å². The minimum absolute atomic E-state index is 0.0882. The van der Waals surface area contributed by atoms with Crippen molar-refractivity contribution in [3.8, 4) is 0 Å². The lowest BCUT2D eigenvalue weighted by atomic mass is 10.2. The van der Waals surface area contributed by atoms with E-state index in [2.05, 4.69) is 15.5 Å². The molecule has 0 fully saturated rings. The molecule has 0 atom stereocenters. The van der Waals surface area contributed by atoms with E-state index in [0.717, 1.165) is 16.8 Å². The molecule has 0 unspecified atom stereocenters. The van der Waals surface area contributed by atoms with Gasteiger partial charge in [0.1, 0.15) is 0 Å². The number of hydrogen-bond acceptors (Lipinski definition) is 4. The Kier molecular flexibility index (Phi) is 3.04. The van der Waals surface area contributed by atoms with Crippen LogP contribution in [0, 0.1) is 17.0 Å². The van der Waals surface area contributed by atoms with E-state index in [1.54, 1.807) is 18.5 Å². The predicted octanol–water partition coefficient (Wildman–Crippen LogP) is 2.24. The minimum atomic E-state index is -0.400. The van der Waals surface area contributed by atoms with Gasteiger partial charge in [-0.2, -0.15) is 5.10 Å². The number of aromatic amines is 1. The van der Waals surface area contributed by atoms with E-state index >= 15 is 0 Å². The van der Waals surface area contributed by atoms with Crippen molar-refractivity contribution in [1.82, 2.24) is 10.2 Å². The van der Waals surface area contributed by atoms with Crippen LogP contribution in [0.15, 0.2) is 30.6 Å². The molecule has 1 aromatic carbocycles. The standard InChI is InChI=1S/C11H12N4O2/c1-8-2-3-10(15(16)17)4-11(8)12-5-9-6-13-14-7-9/h2-4,6-7,12H,5H2,1H3,(H,13,14). The molecule has 2 aromatic rings. The van der Waals surface area contributed by atoms with Crippen molar-refractivity contribution < 1.29 is 4.92 Å². The minimum Gasteiger partial charge on any atom is -0.380 e. The van der Waals surface area contributed by atoms with E-state index in [4.69, 9.17) is 0 Å². The molecule has 0 radical (unpaired) electrons. The van der Waals surface area contributed by atoms with Gasteiger partial charge in [-0.15, -0.1) is 0 Å². The van der Waals surface area contributed by atoms with Crippen molar-refractivity contribution >= 4 is 11.4 Å². The maximum atomic E-state index is 10.7. The molecule has 0 spiro atoms. The first-order valence-electron chi connectivity index (χ1n) is 5.13. The maximum Gasteiger partial charge on any atom is 0.271 e. The number of nitrogens with zero attached hydrogens (tertiary/aromatic N) is 2. The third kappa shape index (κ3) is 2.60. The molecule has 0 bridgehead atoms. The number of rotatable bonds is 4. The number of H-pyrrole nitrogens is 1. The molecule has 0 saturated carbocycles. The second-order valence-corrected chi connectivity index (χ2v) is 3.72. The first-order valence-corrected chi connectivity index (χ1v) is 5.13. The van der Waals surface area contributed by atoms with Crippen LogP contribution in [-0.2, 0) is 6.54 Å². The quantitative estimate of drug-likeness (QED) is 0.625.